The van der Waals surface area contributed by atoms with Crippen molar-refractivity contribution in [1.82, 2.24) is 4.98 Å². The standard InChI is InChI=1S/C7H8N2O/c1-4-6-7(8-3)9-5(2)10-6/h4H,1,3H2,2H3. The molecular formula is C7H8N2O. The molecule has 0 radical (unpaired) electrons. The fraction of sp³-hybridized carbons (Fsp3) is 0.143. The summed E-state index contributed by atoms with van der Waals surface area (Å²) in [6, 6.07) is 0. The molecule has 0 aliphatic carbocycles. The first-order chi connectivity index (χ1) is 4.77. The SMILES string of the molecule is C=Cc1oc(C)nc1N=C. The lowest BCUT2D eigenvalue weighted by atomic mass is 10.5. The first kappa shape index (κ1) is 6.74. The van der Waals surface area contributed by atoms with Crippen molar-refractivity contribution in [1.29, 1.82) is 0 Å². The Kier molecular flexibility index (Phi) is 1.67. The Morgan fingerprint density at radius 3 is 2.80 bits per heavy atom. The molecule has 0 atom stereocenters. The highest BCUT2D eigenvalue weighted by Crippen LogP contribution is 2.18. The van der Waals surface area contributed by atoms with E-state index < -0.39 is 0 Å². The van der Waals surface area contributed by atoms with Gasteiger partial charge in [0.15, 0.2) is 17.5 Å². The zero-order valence-electron chi connectivity index (χ0n) is 5.79. The van der Waals surface area contributed by atoms with Gasteiger partial charge in [0.05, 0.1) is 0 Å². The zero-order valence-corrected chi connectivity index (χ0v) is 5.79. The lowest BCUT2D eigenvalue weighted by molar-refractivity contribution is 0.513. The van der Waals surface area contributed by atoms with E-state index in [1.54, 1.807) is 13.0 Å². The number of hydrogen-bond acceptors (Lipinski definition) is 3. The van der Waals surface area contributed by atoms with Crippen molar-refractivity contribution in [3.63, 3.8) is 0 Å². The lowest BCUT2D eigenvalue weighted by Gasteiger charge is -1.81. The third-order valence-electron chi connectivity index (χ3n) is 1.08. The molecule has 0 saturated heterocycles. The van der Waals surface area contributed by atoms with Gasteiger partial charge in [-0.2, -0.15) is 4.98 Å². The van der Waals surface area contributed by atoms with Crippen LogP contribution < -0.4 is 0 Å². The first-order valence-corrected chi connectivity index (χ1v) is 2.84. The van der Waals surface area contributed by atoms with Crippen LogP contribution in [0.4, 0.5) is 5.82 Å². The van der Waals surface area contributed by atoms with Gasteiger partial charge in [0.1, 0.15) is 0 Å². The monoisotopic (exact) mass is 136 g/mol. The maximum Gasteiger partial charge on any atom is 0.198 e. The van der Waals surface area contributed by atoms with E-state index in [2.05, 4.69) is 23.3 Å². The molecule has 0 aliphatic heterocycles. The van der Waals surface area contributed by atoms with Gasteiger partial charge in [-0.25, -0.2) is 4.99 Å². The normalized spacial score (nSPS) is 9.30. The summed E-state index contributed by atoms with van der Waals surface area (Å²) in [6.07, 6.45) is 1.56. The van der Waals surface area contributed by atoms with E-state index in [0.717, 1.165) is 0 Å². The zero-order chi connectivity index (χ0) is 7.56. The predicted molar refractivity (Wildman–Crippen MR) is 40.5 cm³/mol. The van der Waals surface area contributed by atoms with Crippen LogP contribution in [0.15, 0.2) is 16.0 Å². The maximum absolute atomic E-state index is 5.09. The highest BCUT2D eigenvalue weighted by Gasteiger charge is 2.03. The minimum absolute atomic E-state index is 0.507. The second kappa shape index (κ2) is 2.47. The van der Waals surface area contributed by atoms with Gasteiger partial charge in [-0.05, 0) is 12.8 Å². The van der Waals surface area contributed by atoms with Crippen molar-refractivity contribution in [2.24, 2.45) is 4.99 Å². The molecule has 0 N–H and O–H groups in total. The van der Waals surface area contributed by atoms with Crippen LogP contribution in [-0.4, -0.2) is 11.7 Å². The third kappa shape index (κ3) is 0.978. The Bertz CT molecular complexity index is 237. The Morgan fingerprint density at radius 2 is 2.40 bits per heavy atom. The molecule has 0 fully saturated rings. The molecule has 10 heavy (non-hydrogen) atoms. The van der Waals surface area contributed by atoms with Crippen molar-refractivity contribution in [2.45, 2.75) is 6.92 Å². The molecule has 0 bridgehead atoms. The van der Waals surface area contributed by atoms with Gasteiger partial charge in [0, 0.05) is 6.92 Å². The number of oxazole rings is 1. The van der Waals surface area contributed by atoms with Gasteiger partial charge in [0.25, 0.3) is 0 Å². The molecule has 0 spiro atoms. The van der Waals surface area contributed by atoms with Gasteiger partial charge in [-0.1, -0.05) is 6.58 Å². The largest absolute Gasteiger partial charge is 0.439 e. The van der Waals surface area contributed by atoms with Gasteiger partial charge < -0.3 is 4.42 Å². The summed E-state index contributed by atoms with van der Waals surface area (Å²) in [5, 5.41) is 0. The first-order valence-electron chi connectivity index (χ1n) is 2.84. The van der Waals surface area contributed by atoms with Gasteiger partial charge >= 0.3 is 0 Å². The summed E-state index contributed by atoms with van der Waals surface area (Å²) in [7, 11) is 0. The Labute approximate surface area is 59.1 Å². The maximum atomic E-state index is 5.09. The second-order valence-electron chi connectivity index (χ2n) is 1.78. The number of aliphatic imine (C=N–C) groups is 1. The van der Waals surface area contributed by atoms with Crippen LogP contribution in [0.25, 0.3) is 6.08 Å². The Morgan fingerprint density at radius 1 is 1.70 bits per heavy atom. The van der Waals surface area contributed by atoms with Crippen LogP contribution in [0.3, 0.4) is 0 Å². The van der Waals surface area contributed by atoms with E-state index in [1.807, 2.05) is 0 Å². The average Bonchev–Trinajstić information content (AvgIpc) is 2.30. The summed E-state index contributed by atoms with van der Waals surface area (Å²) in [5.74, 6) is 1.66. The molecule has 1 aromatic heterocycles. The number of aryl methyl sites for hydroxylation is 1. The third-order valence-corrected chi connectivity index (χ3v) is 1.08. The van der Waals surface area contributed by atoms with Crippen LogP contribution in [0.5, 0.6) is 0 Å². The molecule has 0 aromatic carbocycles. The van der Waals surface area contributed by atoms with E-state index in [1.165, 1.54) is 0 Å². The minimum Gasteiger partial charge on any atom is -0.439 e. The second-order valence-corrected chi connectivity index (χ2v) is 1.78. The minimum atomic E-state index is 0.507. The highest BCUT2D eigenvalue weighted by atomic mass is 16.4. The molecule has 1 heterocycles. The topological polar surface area (TPSA) is 38.4 Å². The molecule has 1 aromatic rings. The molecule has 0 aliphatic rings. The van der Waals surface area contributed by atoms with Crippen LogP contribution >= 0.6 is 0 Å². The van der Waals surface area contributed by atoms with Crippen molar-refractivity contribution >= 4 is 18.6 Å². The van der Waals surface area contributed by atoms with Crippen LogP contribution in [0.1, 0.15) is 11.7 Å². The summed E-state index contributed by atoms with van der Waals surface area (Å²) < 4.78 is 5.09. The predicted octanol–water partition coefficient (Wildman–Crippen LogP) is 1.96. The fourth-order valence-corrected chi connectivity index (χ4v) is 0.678. The summed E-state index contributed by atoms with van der Waals surface area (Å²) in [5.41, 5.74) is 0. The molecule has 3 heteroatoms. The molecule has 52 valence electrons. The summed E-state index contributed by atoms with van der Waals surface area (Å²) >= 11 is 0. The summed E-state index contributed by atoms with van der Waals surface area (Å²) in [6.45, 7) is 8.62. The quantitative estimate of drug-likeness (QED) is 0.583. The van der Waals surface area contributed by atoms with Crippen molar-refractivity contribution < 1.29 is 4.42 Å². The number of aromatic nitrogens is 1. The molecule has 0 saturated carbocycles. The van der Waals surface area contributed by atoms with Crippen molar-refractivity contribution in [3.05, 3.63) is 18.2 Å². The van der Waals surface area contributed by atoms with E-state index in [9.17, 15) is 0 Å². The highest BCUT2D eigenvalue weighted by molar-refractivity contribution is 5.55. The molecule has 0 unspecified atom stereocenters. The van der Waals surface area contributed by atoms with Crippen molar-refractivity contribution in [2.75, 3.05) is 0 Å². The Balaban J connectivity index is 3.20. The van der Waals surface area contributed by atoms with Gasteiger partial charge in [-0.15, -0.1) is 0 Å². The molecule has 1 rings (SSSR count). The lowest BCUT2D eigenvalue weighted by Crippen LogP contribution is -1.65. The van der Waals surface area contributed by atoms with E-state index >= 15 is 0 Å². The number of rotatable bonds is 2. The Hall–Kier alpha value is -1.38. The van der Waals surface area contributed by atoms with Gasteiger partial charge in [0.2, 0.25) is 0 Å². The van der Waals surface area contributed by atoms with Crippen LogP contribution in [0, 0.1) is 6.92 Å². The number of nitrogens with zero attached hydrogens (tertiary/aromatic N) is 2. The smallest absolute Gasteiger partial charge is 0.198 e. The molecule has 3 nitrogen and oxygen atoms in total. The van der Waals surface area contributed by atoms with E-state index in [0.29, 0.717) is 17.5 Å². The average molecular weight is 136 g/mol. The molecule has 0 amide bonds. The van der Waals surface area contributed by atoms with E-state index in [-0.39, 0.29) is 0 Å². The van der Waals surface area contributed by atoms with Crippen LogP contribution in [0.2, 0.25) is 0 Å². The van der Waals surface area contributed by atoms with Gasteiger partial charge in [-0.3, -0.25) is 0 Å². The summed E-state index contributed by atoms with van der Waals surface area (Å²) in [4.78, 5) is 7.57. The molecular weight excluding hydrogens is 128 g/mol. The van der Waals surface area contributed by atoms with E-state index in [4.69, 9.17) is 4.42 Å². The number of hydrogen-bond donors (Lipinski definition) is 0. The van der Waals surface area contributed by atoms with Crippen LogP contribution in [-0.2, 0) is 0 Å². The van der Waals surface area contributed by atoms with Crippen molar-refractivity contribution in [3.8, 4) is 0 Å². The fourth-order valence-electron chi connectivity index (χ4n) is 0.678.